The zero-order chi connectivity index (χ0) is 11.8. The van der Waals surface area contributed by atoms with Crippen LogP contribution in [0.5, 0.6) is 0 Å². The predicted molar refractivity (Wildman–Crippen MR) is 64.1 cm³/mol. The number of carbonyl (C=O) groups is 1. The van der Waals surface area contributed by atoms with E-state index in [0.717, 1.165) is 45.4 Å². The van der Waals surface area contributed by atoms with Crippen molar-refractivity contribution in [1.29, 1.82) is 0 Å². The number of nitrogens with two attached hydrogens (primary N) is 1. The van der Waals surface area contributed by atoms with Crippen LogP contribution < -0.4 is 5.73 Å². The number of ether oxygens (including phenoxy) is 1. The van der Waals surface area contributed by atoms with Gasteiger partial charge in [-0.05, 0) is 39.2 Å². The minimum Gasteiger partial charge on any atom is -0.376 e. The molecule has 94 valence electrons. The Hall–Kier alpha value is -0.610. The Kier molecular flexibility index (Phi) is 6.42. The summed E-state index contributed by atoms with van der Waals surface area (Å²) in [6, 6.07) is 0. The van der Waals surface area contributed by atoms with Crippen LogP contribution >= 0.6 is 0 Å². The Labute approximate surface area is 98.1 Å². The third-order valence-corrected chi connectivity index (χ3v) is 3.03. The summed E-state index contributed by atoms with van der Waals surface area (Å²) in [5.74, 6) is 0.242. The van der Waals surface area contributed by atoms with E-state index in [-0.39, 0.29) is 12.0 Å². The van der Waals surface area contributed by atoms with Crippen molar-refractivity contribution in [2.45, 2.75) is 45.1 Å². The fourth-order valence-corrected chi connectivity index (χ4v) is 2.02. The van der Waals surface area contributed by atoms with Crippen LogP contribution in [0, 0.1) is 0 Å². The van der Waals surface area contributed by atoms with Gasteiger partial charge in [-0.3, -0.25) is 4.79 Å². The molecule has 1 heterocycles. The molecule has 0 aromatic carbocycles. The van der Waals surface area contributed by atoms with Crippen LogP contribution in [0.4, 0.5) is 0 Å². The lowest BCUT2D eigenvalue weighted by Gasteiger charge is -2.24. The smallest absolute Gasteiger partial charge is 0.222 e. The first-order valence-electron chi connectivity index (χ1n) is 6.37. The van der Waals surface area contributed by atoms with E-state index >= 15 is 0 Å². The molecule has 1 aliphatic heterocycles. The van der Waals surface area contributed by atoms with Gasteiger partial charge in [0.05, 0.1) is 6.10 Å². The topological polar surface area (TPSA) is 55.6 Å². The number of carbonyl (C=O) groups excluding carboxylic acids is 1. The summed E-state index contributed by atoms with van der Waals surface area (Å²) in [5.41, 5.74) is 5.41. The van der Waals surface area contributed by atoms with Gasteiger partial charge in [0.2, 0.25) is 5.91 Å². The fraction of sp³-hybridized carbons (Fsp3) is 0.917. The molecule has 1 amide bonds. The number of amides is 1. The molecule has 0 spiro atoms. The molecule has 16 heavy (non-hydrogen) atoms. The second kappa shape index (κ2) is 7.63. The Bertz CT molecular complexity index is 203. The van der Waals surface area contributed by atoms with Crippen molar-refractivity contribution < 1.29 is 9.53 Å². The maximum Gasteiger partial charge on any atom is 0.222 e. The van der Waals surface area contributed by atoms with E-state index in [0.29, 0.717) is 13.0 Å². The summed E-state index contributed by atoms with van der Waals surface area (Å²) < 4.78 is 5.55. The van der Waals surface area contributed by atoms with Crippen LogP contribution in [-0.4, -0.2) is 43.2 Å². The second-order valence-corrected chi connectivity index (χ2v) is 4.31. The lowest BCUT2D eigenvalue weighted by Crippen LogP contribution is -2.37. The maximum atomic E-state index is 11.9. The second-order valence-electron chi connectivity index (χ2n) is 4.31. The van der Waals surface area contributed by atoms with Crippen LogP contribution in [-0.2, 0) is 9.53 Å². The molecule has 0 bridgehead atoms. The van der Waals surface area contributed by atoms with Gasteiger partial charge < -0.3 is 15.4 Å². The van der Waals surface area contributed by atoms with Gasteiger partial charge in [0.15, 0.2) is 0 Å². The average molecular weight is 228 g/mol. The Morgan fingerprint density at radius 1 is 1.50 bits per heavy atom. The van der Waals surface area contributed by atoms with Crippen LogP contribution in [0.3, 0.4) is 0 Å². The van der Waals surface area contributed by atoms with Gasteiger partial charge in [-0.25, -0.2) is 0 Å². The van der Waals surface area contributed by atoms with Crippen molar-refractivity contribution >= 4 is 5.91 Å². The molecule has 0 aromatic heterocycles. The third kappa shape index (κ3) is 4.49. The molecular formula is C12H24N2O2. The summed E-state index contributed by atoms with van der Waals surface area (Å²) >= 11 is 0. The van der Waals surface area contributed by atoms with Crippen molar-refractivity contribution in [2.75, 3.05) is 26.2 Å². The molecular weight excluding hydrogens is 204 g/mol. The molecule has 0 saturated carbocycles. The predicted octanol–water partition coefficient (Wildman–Crippen LogP) is 1.14. The molecule has 0 radical (unpaired) electrons. The minimum atomic E-state index is 0.242. The van der Waals surface area contributed by atoms with E-state index in [1.54, 1.807) is 0 Å². The molecule has 1 aliphatic rings. The Balaban J connectivity index is 2.25. The van der Waals surface area contributed by atoms with Gasteiger partial charge in [0, 0.05) is 26.1 Å². The summed E-state index contributed by atoms with van der Waals surface area (Å²) in [6.45, 7) is 5.09. The summed E-state index contributed by atoms with van der Waals surface area (Å²) in [6.07, 6.45) is 4.94. The van der Waals surface area contributed by atoms with Gasteiger partial charge in [0.1, 0.15) is 0 Å². The number of nitrogens with zero attached hydrogens (tertiary/aromatic N) is 1. The molecule has 1 rings (SSSR count). The zero-order valence-electron chi connectivity index (χ0n) is 10.3. The first kappa shape index (κ1) is 13.5. The first-order chi connectivity index (χ1) is 7.77. The normalized spacial score (nSPS) is 20.0. The molecule has 0 aromatic rings. The highest BCUT2D eigenvalue weighted by Crippen LogP contribution is 2.14. The van der Waals surface area contributed by atoms with Crippen LogP contribution in [0.2, 0.25) is 0 Å². The number of hydrogen-bond acceptors (Lipinski definition) is 3. The van der Waals surface area contributed by atoms with Gasteiger partial charge in [-0.2, -0.15) is 0 Å². The van der Waals surface area contributed by atoms with Gasteiger partial charge >= 0.3 is 0 Å². The highest BCUT2D eigenvalue weighted by molar-refractivity contribution is 5.76. The molecule has 1 saturated heterocycles. The van der Waals surface area contributed by atoms with E-state index < -0.39 is 0 Å². The SMILES string of the molecule is CCN(CC1CCCO1)C(=O)CCCCN. The fourth-order valence-electron chi connectivity index (χ4n) is 2.02. The monoisotopic (exact) mass is 228 g/mol. The van der Waals surface area contributed by atoms with Crippen LogP contribution in [0.15, 0.2) is 0 Å². The third-order valence-electron chi connectivity index (χ3n) is 3.03. The first-order valence-corrected chi connectivity index (χ1v) is 6.37. The van der Waals surface area contributed by atoms with Crippen molar-refractivity contribution in [2.24, 2.45) is 5.73 Å². The number of rotatable bonds is 7. The largest absolute Gasteiger partial charge is 0.376 e. The lowest BCUT2D eigenvalue weighted by atomic mass is 10.2. The number of hydrogen-bond donors (Lipinski definition) is 1. The summed E-state index contributed by atoms with van der Waals surface area (Å²) in [7, 11) is 0. The van der Waals surface area contributed by atoms with E-state index in [1.165, 1.54) is 0 Å². The summed E-state index contributed by atoms with van der Waals surface area (Å²) in [5, 5.41) is 0. The minimum absolute atomic E-state index is 0.242. The van der Waals surface area contributed by atoms with E-state index in [9.17, 15) is 4.79 Å². The van der Waals surface area contributed by atoms with Crippen molar-refractivity contribution in [3.63, 3.8) is 0 Å². The van der Waals surface area contributed by atoms with E-state index in [2.05, 4.69) is 0 Å². The van der Waals surface area contributed by atoms with Gasteiger partial charge in [0.25, 0.3) is 0 Å². The Morgan fingerprint density at radius 2 is 2.31 bits per heavy atom. The van der Waals surface area contributed by atoms with Crippen LogP contribution in [0.1, 0.15) is 39.0 Å². The summed E-state index contributed by atoms with van der Waals surface area (Å²) in [4.78, 5) is 13.8. The van der Waals surface area contributed by atoms with Gasteiger partial charge in [-0.1, -0.05) is 0 Å². The molecule has 1 atom stereocenters. The molecule has 1 unspecified atom stereocenters. The molecule has 4 nitrogen and oxygen atoms in total. The lowest BCUT2D eigenvalue weighted by molar-refractivity contribution is -0.132. The molecule has 2 N–H and O–H groups in total. The Morgan fingerprint density at radius 3 is 2.88 bits per heavy atom. The van der Waals surface area contributed by atoms with Crippen molar-refractivity contribution in [3.05, 3.63) is 0 Å². The number of unbranched alkanes of at least 4 members (excludes halogenated alkanes) is 1. The molecule has 0 aliphatic carbocycles. The average Bonchev–Trinajstić information content (AvgIpc) is 2.78. The quantitative estimate of drug-likeness (QED) is 0.665. The van der Waals surface area contributed by atoms with Gasteiger partial charge in [-0.15, -0.1) is 0 Å². The maximum absolute atomic E-state index is 11.9. The van der Waals surface area contributed by atoms with E-state index in [1.807, 2.05) is 11.8 Å². The van der Waals surface area contributed by atoms with E-state index in [4.69, 9.17) is 10.5 Å². The highest BCUT2D eigenvalue weighted by atomic mass is 16.5. The van der Waals surface area contributed by atoms with Crippen LogP contribution in [0.25, 0.3) is 0 Å². The number of likely N-dealkylation sites (N-methyl/N-ethyl adjacent to an activating group) is 1. The molecule has 4 heteroatoms. The highest BCUT2D eigenvalue weighted by Gasteiger charge is 2.20. The van der Waals surface area contributed by atoms with Crippen molar-refractivity contribution in [3.8, 4) is 0 Å². The zero-order valence-corrected chi connectivity index (χ0v) is 10.3. The van der Waals surface area contributed by atoms with Crippen molar-refractivity contribution in [1.82, 2.24) is 4.90 Å². The standard InChI is InChI=1S/C12H24N2O2/c1-2-14(10-11-6-5-9-16-11)12(15)7-3-4-8-13/h11H,2-10,13H2,1H3. The molecule has 1 fully saturated rings.